The molecule has 13 heteroatoms. The molecule has 4 rings (SSSR count). The van der Waals surface area contributed by atoms with E-state index in [9.17, 15) is 14.0 Å². The van der Waals surface area contributed by atoms with Crippen LogP contribution in [0.2, 0.25) is 0 Å². The van der Waals surface area contributed by atoms with Crippen molar-refractivity contribution in [3.63, 3.8) is 0 Å². The summed E-state index contributed by atoms with van der Waals surface area (Å²) in [4.78, 5) is 33.1. The zero-order valence-electron chi connectivity index (χ0n) is 21.7. The van der Waals surface area contributed by atoms with Crippen molar-refractivity contribution < 1.29 is 32.8 Å². The van der Waals surface area contributed by atoms with E-state index < -0.39 is 23.8 Å². The molecule has 0 spiro atoms. The van der Waals surface area contributed by atoms with Crippen LogP contribution in [0.5, 0.6) is 5.75 Å². The highest BCUT2D eigenvalue weighted by atomic mass is 19.1. The first-order valence-electron chi connectivity index (χ1n) is 12.8. The molecule has 3 aromatic rings. The molecular formula is C26H33FN6O6. The minimum absolute atomic E-state index is 0.0274. The van der Waals surface area contributed by atoms with Gasteiger partial charge in [-0.05, 0) is 50.6 Å². The minimum atomic E-state index is -0.825. The summed E-state index contributed by atoms with van der Waals surface area (Å²) in [5, 5.41) is 15.5. The van der Waals surface area contributed by atoms with E-state index >= 15 is 0 Å². The van der Waals surface area contributed by atoms with Gasteiger partial charge in [-0.25, -0.2) is 4.39 Å². The summed E-state index contributed by atoms with van der Waals surface area (Å²) in [6.45, 7) is 5.20. The van der Waals surface area contributed by atoms with Crippen LogP contribution in [0.4, 0.5) is 4.39 Å². The molecule has 2 atom stereocenters. The third-order valence-corrected chi connectivity index (χ3v) is 6.39. The smallest absolute Gasteiger partial charge is 0.287 e. The molecule has 210 valence electrons. The first-order chi connectivity index (χ1) is 18.9. The summed E-state index contributed by atoms with van der Waals surface area (Å²) in [6, 6.07) is 6.08. The largest absolute Gasteiger partial charge is 0.493 e. The number of aliphatic hydroxyl groups is 1. The molecule has 4 N–H and O–H groups in total. The van der Waals surface area contributed by atoms with Gasteiger partial charge in [0.15, 0.2) is 5.76 Å². The second-order valence-corrected chi connectivity index (χ2v) is 9.28. The quantitative estimate of drug-likeness (QED) is 0.302. The summed E-state index contributed by atoms with van der Waals surface area (Å²) in [6.07, 6.45) is 2.95. The Morgan fingerprint density at radius 3 is 2.85 bits per heavy atom. The second-order valence-electron chi connectivity index (χ2n) is 9.28. The predicted octanol–water partition coefficient (Wildman–Crippen LogP) is 1.58. The van der Waals surface area contributed by atoms with Crippen molar-refractivity contribution in [2.45, 2.75) is 31.8 Å². The van der Waals surface area contributed by atoms with Gasteiger partial charge in [0.2, 0.25) is 17.6 Å². The highest BCUT2D eigenvalue weighted by molar-refractivity contribution is 5.95. The number of aliphatic hydroxyl groups excluding tert-OH is 1. The second kappa shape index (κ2) is 13.3. The Morgan fingerprint density at radius 1 is 1.26 bits per heavy atom. The fraction of sp³-hybridized carbons (Fsp3) is 0.462. The lowest BCUT2D eigenvalue weighted by molar-refractivity contribution is -0.132. The molecule has 2 aromatic heterocycles. The fourth-order valence-corrected chi connectivity index (χ4v) is 4.24. The van der Waals surface area contributed by atoms with Gasteiger partial charge in [0, 0.05) is 32.2 Å². The van der Waals surface area contributed by atoms with Crippen LogP contribution in [0.3, 0.4) is 0 Å². The molecule has 1 aliphatic rings. The third kappa shape index (κ3) is 7.40. The highest BCUT2D eigenvalue weighted by Gasteiger charge is 2.25. The number of furan rings is 1. The molecule has 1 fully saturated rings. The number of carbonyl (C=O) groups is 2. The maximum Gasteiger partial charge on any atom is 0.287 e. The molecule has 0 aliphatic carbocycles. The van der Waals surface area contributed by atoms with Crippen molar-refractivity contribution in [2.75, 3.05) is 45.9 Å². The summed E-state index contributed by atoms with van der Waals surface area (Å²) in [5.41, 5.74) is 5.78. The standard InChI is InChI=1S/C26H33FN6O6/c1-17(29-24(35)22-5-2-13-38-22)26(36)33-10-3-8-32(11-12-33)9-4-14-37-18-6-7-19(20(27)15-18)23-30-25(39-31-23)21(28)16-34/h2,5-7,13,15,17,21,34H,3-4,8-12,14,16,28H2,1H3,(H,29,35)/t17-,21-/m0/s1. The van der Waals surface area contributed by atoms with Crippen LogP contribution >= 0.6 is 0 Å². The van der Waals surface area contributed by atoms with Gasteiger partial charge in [-0.15, -0.1) is 0 Å². The van der Waals surface area contributed by atoms with E-state index in [2.05, 4.69) is 20.4 Å². The molecule has 0 radical (unpaired) electrons. The molecule has 1 aliphatic heterocycles. The zero-order chi connectivity index (χ0) is 27.8. The predicted molar refractivity (Wildman–Crippen MR) is 137 cm³/mol. The molecule has 1 aromatic carbocycles. The number of hydrogen-bond acceptors (Lipinski definition) is 10. The Bertz CT molecular complexity index is 1240. The number of hydrogen-bond donors (Lipinski definition) is 3. The fourth-order valence-electron chi connectivity index (χ4n) is 4.24. The first kappa shape index (κ1) is 28.2. The summed E-state index contributed by atoms with van der Waals surface area (Å²) < 4.78 is 30.4. The topological polar surface area (TPSA) is 160 Å². The van der Waals surface area contributed by atoms with Crippen LogP contribution in [-0.4, -0.2) is 88.8 Å². The Hall–Kier alpha value is -3.81. The van der Waals surface area contributed by atoms with Crippen LogP contribution in [0, 0.1) is 5.82 Å². The first-order valence-corrected chi connectivity index (χ1v) is 12.8. The van der Waals surface area contributed by atoms with E-state index in [0.717, 1.165) is 25.9 Å². The molecular weight excluding hydrogens is 511 g/mol. The van der Waals surface area contributed by atoms with Crippen molar-refractivity contribution >= 4 is 11.8 Å². The van der Waals surface area contributed by atoms with Crippen molar-refractivity contribution in [1.82, 2.24) is 25.3 Å². The van der Waals surface area contributed by atoms with Gasteiger partial charge in [-0.3, -0.25) is 9.59 Å². The number of benzene rings is 1. The summed E-state index contributed by atoms with van der Waals surface area (Å²) in [7, 11) is 0. The van der Waals surface area contributed by atoms with E-state index in [4.69, 9.17) is 24.5 Å². The Morgan fingerprint density at radius 2 is 2.10 bits per heavy atom. The number of ether oxygens (including phenoxy) is 1. The van der Waals surface area contributed by atoms with Crippen LogP contribution in [0.25, 0.3) is 11.4 Å². The molecule has 39 heavy (non-hydrogen) atoms. The molecule has 0 bridgehead atoms. The van der Waals surface area contributed by atoms with Crippen LogP contribution in [0.1, 0.15) is 42.3 Å². The van der Waals surface area contributed by atoms with Gasteiger partial charge in [0.05, 0.1) is 25.0 Å². The SMILES string of the molecule is C[C@H](NC(=O)c1ccco1)C(=O)N1CCCN(CCCOc2ccc(-c3noc([C@@H](N)CO)n3)c(F)c2)CC1. The minimum Gasteiger partial charge on any atom is -0.493 e. The number of rotatable bonds is 11. The van der Waals surface area contributed by atoms with Crippen LogP contribution in [-0.2, 0) is 4.79 Å². The molecule has 3 heterocycles. The normalized spacial score (nSPS) is 15.9. The lowest BCUT2D eigenvalue weighted by Gasteiger charge is -2.25. The van der Waals surface area contributed by atoms with Gasteiger partial charge in [-0.1, -0.05) is 5.16 Å². The van der Waals surface area contributed by atoms with Gasteiger partial charge >= 0.3 is 0 Å². The van der Waals surface area contributed by atoms with Crippen LogP contribution in [0.15, 0.2) is 45.5 Å². The average molecular weight is 545 g/mol. The lowest BCUT2D eigenvalue weighted by Crippen LogP contribution is -2.48. The summed E-state index contributed by atoms with van der Waals surface area (Å²) >= 11 is 0. The number of nitrogens with two attached hydrogens (primary N) is 1. The number of nitrogens with zero attached hydrogens (tertiary/aromatic N) is 4. The van der Waals surface area contributed by atoms with Gasteiger partial charge < -0.3 is 39.6 Å². The van der Waals surface area contributed by atoms with Crippen molar-refractivity contribution in [1.29, 1.82) is 0 Å². The monoisotopic (exact) mass is 544 g/mol. The number of halogens is 1. The molecule has 2 amide bonds. The van der Waals surface area contributed by atoms with E-state index in [0.29, 0.717) is 32.0 Å². The van der Waals surface area contributed by atoms with E-state index in [1.165, 1.54) is 18.4 Å². The maximum atomic E-state index is 14.6. The Labute approximate surface area is 224 Å². The van der Waals surface area contributed by atoms with Gasteiger partial charge in [0.25, 0.3) is 5.91 Å². The maximum absolute atomic E-state index is 14.6. The zero-order valence-corrected chi connectivity index (χ0v) is 21.7. The van der Waals surface area contributed by atoms with Gasteiger partial charge in [0.1, 0.15) is 23.7 Å². The third-order valence-electron chi connectivity index (χ3n) is 6.39. The number of aromatic nitrogens is 2. The molecule has 0 unspecified atom stereocenters. The van der Waals surface area contributed by atoms with E-state index in [1.54, 1.807) is 30.0 Å². The summed E-state index contributed by atoms with van der Waals surface area (Å²) in [5.74, 6) is -0.491. The van der Waals surface area contributed by atoms with E-state index in [1.807, 2.05) is 0 Å². The van der Waals surface area contributed by atoms with Gasteiger partial charge in [-0.2, -0.15) is 4.98 Å². The average Bonchev–Trinajstić information content (AvgIpc) is 3.60. The van der Waals surface area contributed by atoms with Crippen LogP contribution < -0.4 is 15.8 Å². The highest BCUT2D eigenvalue weighted by Crippen LogP contribution is 2.25. The van der Waals surface area contributed by atoms with Crippen molar-refractivity contribution in [2.24, 2.45) is 5.73 Å². The molecule has 12 nitrogen and oxygen atoms in total. The number of amides is 2. The Balaban J connectivity index is 1.19. The van der Waals surface area contributed by atoms with Crippen molar-refractivity contribution in [3.8, 4) is 17.1 Å². The number of nitrogens with one attached hydrogen (secondary N) is 1. The van der Waals surface area contributed by atoms with Crippen molar-refractivity contribution in [3.05, 3.63) is 54.1 Å². The Kier molecular flexibility index (Phi) is 9.63. The number of carbonyl (C=O) groups excluding carboxylic acids is 2. The molecule has 1 saturated heterocycles. The van der Waals surface area contributed by atoms with E-state index in [-0.39, 0.29) is 35.6 Å². The molecule has 0 saturated carbocycles. The lowest BCUT2D eigenvalue weighted by atomic mass is 10.2.